The Bertz CT molecular complexity index is 1100. The molecular formula is C27H30N2O6. The Morgan fingerprint density at radius 2 is 1.74 bits per heavy atom. The number of carbonyl (C=O) groups excluding carboxylic acids is 2. The Morgan fingerprint density at radius 1 is 1.09 bits per heavy atom. The van der Waals surface area contributed by atoms with E-state index in [1.54, 1.807) is 4.90 Å². The first kappa shape index (κ1) is 23.4. The SMILES string of the molecule is CC1(C(=O)O)CN(C(=O)C2CCC(NC(=O)OCC3c4ccccc4-c4ccccc43)C2)CCO1. The zero-order valence-electron chi connectivity index (χ0n) is 19.7. The van der Waals surface area contributed by atoms with Gasteiger partial charge in [-0.3, -0.25) is 4.79 Å². The third-order valence-electron chi connectivity index (χ3n) is 7.49. The molecule has 2 aromatic carbocycles. The first-order valence-electron chi connectivity index (χ1n) is 12.1. The second kappa shape index (κ2) is 9.34. The highest BCUT2D eigenvalue weighted by Gasteiger charge is 2.43. The number of rotatable bonds is 5. The van der Waals surface area contributed by atoms with Gasteiger partial charge in [-0.15, -0.1) is 0 Å². The Kier molecular flexibility index (Phi) is 6.23. The molecule has 3 atom stereocenters. The molecule has 0 spiro atoms. The van der Waals surface area contributed by atoms with Gasteiger partial charge in [-0.2, -0.15) is 0 Å². The molecular weight excluding hydrogens is 448 g/mol. The Labute approximate surface area is 204 Å². The Hall–Kier alpha value is -3.39. The van der Waals surface area contributed by atoms with E-state index in [2.05, 4.69) is 29.6 Å². The number of morpholine rings is 1. The number of amides is 2. The van der Waals surface area contributed by atoms with E-state index in [1.807, 2.05) is 24.3 Å². The minimum Gasteiger partial charge on any atom is -0.479 e. The number of alkyl carbamates (subject to hydrolysis) is 1. The molecule has 1 saturated carbocycles. The van der Waals surface area contributed by atoms with Crippen LogP contribution in [0.1, 0.15) is 43.2 Å². The van der Waals surface area contributed by atoms with Crippen LogP contribution >= 0.6 is 0 Å². The molecule has 3 unspecified atom stereocenters. The maximum absolute atomic E-state index is 13.0. The van der Waals surface area contributed by atoms with Gasteiger partial charge in [0.25, 0.3) is 0 Å². The molecule has 0 aromatic heterocycles. The lowest BCUT2D eigenvalue weighted by molar-refractivity contribution is -0.178. The largest absolute Gasteiger partial charge is 0.479 e. The monoisotopic (exact) mass is 478 g/mol. The minimum atomic E-state index is -1.38. The number of aliphatic carboxylic acids is 1. The number of carboxylic acid groups (broad SMARTS) is 1. The number of nitrogens with one attached hydrogen (secondary N) is 1. The summed E-state index contributed by atoms with van der Waals surface area (Å²) in [6.07, 6.45) is 1.37. The van der Waals surface area contributed by atoms with Crippen LogP contribution in [0.15, 0.2) is 48.5 Å². The molecule has 8 nitrogen and oxygen atoms in total. The van der Waals surface area contributed by atoms with Gasteiger partial charge in [0.15, 0.2) is 5.60 Å². The minimum absolute atomic E-state index is 0.00378. The predicted octanol–water partition coefficient (Wildman–Crippen LogP) is 3.40. The number of carbonyl (C=O) groups is 3. The van der Waals surface area contributed by atoms with Crippen molar-refractivity contribution in [2.24, 2.45) is 5.92 Å². The van der Waals surface area contributed by atoms with Gasteiger partial charge in [-0.25, -0.2) is 9.59 Å². The van der Waals surface area contributed by atoms with E-state index in [9.17, 15) is 19.5 Å². The molecule has 1 aliphatic heterocycles. The molecule has 2 fully saturated rings. The highest BCUT2D eigenvalue weighted by atomic mass is 16.5. The molecule has 3 aliphatic rings. The molecule has 1 heterocycles. The second-order valence-electron chi connectivity index (χ2n) is 9.82. The van der Waals surface area contributed by atoms with E-state index in [-0.39, 0.29) is 43.5 Å². The highest BCUT2D eigenvalue weighted by Crippen LogP contribution is 2.44. The van der Waals surface area contributed by atoms with Crippen molar-refractivity contribution in [2.45, 2.75) is 43.7 Å². The number of ether oxygens (including phenoxy) is 2. The van der Waals surface area contributed by atoms with E-state index < -0.39 is 17.7 Å². The fourth-order valence-corrected chi connectivity index (χ4v) is 5.59. The van der Waals surface area contributed by atoms with Crippen LogP contribution in [0, 0.1) is 5.92 Å². The van der Waals surface area contributed by atoms with Crippen LogP contribution in [-0.2, 0) is 19.1 Å². The maximum atomic E-state index is 13.0. The van der Waals surface area contributed by atoms with Crippen molar-refractivity contribution in [1.82, 2.24) is 10.2 Å². The summed E-state index contributed by atoms with van der Waals surface area (Å²) in [6, 6.07) is 16.2. The zero-order valence-corrected chi connectivity index (χ0v) is 19.7. The van der Waals surface area contributed by atoms with Crippen molar-refractivity contribution in [1.29, 1.82) is 0 Å². The summed E-state index contributed by atoms with van der Waals surface area (Å²) in [5, 5.41) is 12.3. The van der Waals surface area contributed by atoms with E-state index >= 15 is 0 Å². The molecule has 2 aromatic rings. The summed E-state index contributed by atoms with van der Waals surface area (Å²) in [4.78, 5) is 38.7. The first-order chi connectivity index (χ1) is 16.9. The zero-order chi connectivity index (χ0) is 24.6. The van der Waals surface area contributed by atoms with Crippen molar-refractivity contribution in [3.8, 4) is 11.1 Å². The molecule has 35 heavy (non-hydrogen) atoms. The molecule has 2 aliphatic carbocycles. The number of nitrogens with zero attached hydrogens (tertiary/aromatic N) is 1. The summed E-state index contributed by atoms with van der Waals surface area (Å²) in [5.41, 5.74) is 3.29. The van der Waals surface area contributed by atoms with Crippen LogP contribution in [0.2, 0.25) is 0 Å². The van der Waals surface area contributed by atoms with Crippen molar-refractivity contribution in [3.63, 3.8) is 0 Å². The van der Waals surface area contributed by atoms with E-state index in [1.165, 1.54) is 18.1 Å². The summed E-state index contributed by atoms with van der Waals surface area (Å²) in [5.74, 6) is -1.39. The summed E-state index contributed by atoms with van der Waals surface area (Å²) < 4.78 is 11.0. The highest BCUT2D eigenvalue weighted by molar-refractivity contribution is 5.83. The van der Waals surface area contributed by atoms with Crippen LogP contribution in [0.4, 0.5) is 4.79 Å². The molecule has 2 amide bonds. The summed E-state index contributed by atoms with van der Waals surface area (Å²) in [6.45, 7) is 2.34. The van der Waals surface area contributed by atoms with Gasteiger partial charge in [-0.1, -0.05) is 48.5 Å². The van der Waals surface area contributed by atoms with Crippen LogP contribution in [0.25, 0.3) is 11.1 Å². The third kappa shape index (κ3) is 4.50. The summed E-state index contributed by atoms with van der Waals surface area (Å²) >= 11 is 0. The summed E-state index contributed by atoms with van der Waals surface area (Å²) in [7, 11) is 0. The smallest absolute Gasteiger partial charge is 0.407 e. The predicted molar refractivity (Wildman–Crippen MR) is 128 cm³/mol. The van der Waals surface area contributed by atoms with Gasteiger partial charge in [0, 0.05) is 24.4 Å². The Morgan fingerprint density at radius 3 is 2.40 bits per heavy atom. The number of benzene rings is 2. The molecule has 5 rings (SSSR count). The number of hydrogen-bond donors (Lipinski definition) is 2. The van der Waals surface area contributed by atoms with E-state index in [0.29, 0.717) is 25.8 Å². The Balaban J connectivity index is 1.15. The van der Waals surface area contributed by atoms with Crippen molar-refractivity contribution in [2.75, 3.05) is 26.3 Å². The standard InChI is InChI=1S/C27H30N2O6/c1-27(25(31)32)16-29(12-13-35-27)24(30)17-10-11-18(14-17)28-26(33)34-15-23-21-8-4-2-6-19(21)20-7-3-5-9-22(20)23/h2-9,17-18,23H,10-16H2,1H3,(H,28,33)(H,31,32). The fourth-order valence-electron chi connectivity index (χ4n) is 5.59. The first-order valence-corrected chi connectivity index (χ1v) is 12.1. The number of fused-ring (bicyclic) bond motifs is 3. The van der Waals surface area contributed by atoms with Gasteiger partial charge >= 0.3 is 12.1 Å². The average Bonchev–Trinajstić information content (AvgIpc) is 3.45. The number of carboxylic acids is 1. The molecule has 0 bridgehead atoms. The quantitative estimate of drug-likeness (QED) is 0.683. The molecule has 8 heteroatoms. The van der Waals surface area contributed by atoms with Gasteiger partial charge in [0.1, 0.15) is 6.61 Å². The average molecular weight is 479 g/mol. The van der Waals surface area contributed by atoms with Gasteiger partial charge in [0.2, 0.25) is 5.91 Å². The lowest BCUT2D eigenvalue weighted by Gasteiger charge is -2.38. The molecule has 2 N–H and O–H groups in total. The normalized spacial score (nSPS) is 25.6. The van der Waals surface area contributed by atoms with Crippen LogP contribution in [0.3, 0.4) is 0 Å². The van der Waals surface area contributed by atoms with Crippen molar-refractivity contribution in [3.05, 3.63) is 59.7 Å². The van der Waals surface area contributed by atoms with Crippen molar-refractivity contribution >= 4 is 18.0 Å². The van der Waals surface area contributed by atoms with Crippen LogP contribution in [-0.4, -0.2) is 65.9 Å². The topological polar surface area (TPSA) is 105 Å². The van der Waals surface area contributed by atoms with Crippen LogP contribution < -0.4 is 5.32 Å². The lowest BCUT2D eigenvalue weighted by atomic mass is 9.98. The van der Waals surface area contributed by atoms with Crippen LogP contribution in [0.5, 0.6) is 0 Å². The lowest BCUT2D eigenvalue weighted by Crippen LogP contribution is -2.57. The second-order valence-corrected chi connectivity index (χ2v) is 9.82. The molecule has 1 saturated heterocycles. The van der Waals surface area contributed by atoms with Gasteiger partial charge < -0.3 is 24.8 Å². The fraction of sp³-hybridized carbons (Fsp3) is 0.444. The molecule has 184 valence electrons. The third-order valence-corrected chi connectivity index (χ3v) is 7.49. The van der Waals surface area contributed by atoms with Gasteiger partial charge in [-0.05, 0) is 48.4 Å². The number of hydrogen-bond acceptors (Lipinski definition) is 5. The molecule has 0 radical (unpaired) electrons. The van der Waals surface area contributed by atoms with Crippen molar-refractivity contribution < 1.29 is 29.0 Å². The van der Waals surface area contributed by atoms with E-state index in [4.69, 9.17) is 9.47 Å². The maximum Gasteiger partial charge on any atom is 0.407 e. The van der Waals surface area contributed by atoms with E-state index in [0.717, 1.165) is 11.1 Å². The van der Waals surface area contributed by atoms with Gasteiger partial charge in [0.05, 0.1) is 13.2 Å².